The zero-order valence-corrected chi connectivity index (χ0v) is 9.45. The first-order chi connectivity index (χ1) is 7.36. The Kier molecular flexibility index (Phi) is 3.48. The van der Waals surface area contributed by atoms with Crippen molar-refractivity contribution in [3.8, 4) is 0 Å². The summed E-state index contributed by atoms with van der Waals surface area (Å²) in [7, 11) is -3.71. The predicted octanol–water partition coefficient (Wildman–Crippen LogP) is -1.27. The lowest BCUT2D eigenvalue weighted by molar-refractivity contribution is 0.597. The van der Waals surface area contributed by atoms with Gasteiger partial charge < -0.3 is 5.73 Å². The summed E-state index contributed by atoms with van der Waals surface area (Å²) in [6.45, 7) is 1.62. The highest BCUT2D eigenvalue weighted by Crippen LogP contribution is 2.14. The van der Waals surface area contributed by atoms with Crippen LogP contribution in [0, 0.1) is 6.92 Å². The molecule has 0 aliphatic carbocycles. The molecule has 0 saturated carbocycles. The number of hydrazone groups is 1. The van der Waals surface area contributed by atoms with Crippen molar-refractivity contribution in [2.75, 3.05) is 0 Å². The topological polar surface area (TPSA) is 137 Å². The molecular formula is C8H13N5O2S. The lowest BCUT2D eigenvalue weighted by Gasteiger charge is -2.06. The quantitative estimate of drug-likeness (QED) is 0.227. The summed E-state index contributed by atoms with van der Waals surface area (Å²) in [6.07, 6.45) is 0. The first kappa shape index (κ1) is 12.4. The number of nitrogens with zero attached hydrogens (tertiary/aromatic N) is 1. The van der Waals surface area contributed by atoms with Crippen LogP contribution >= 0.6 is 0 Å². The van der Waals surface area contributed by atoms with E-state index in [0.29, 0.717) is 11.1 Å². The highest BCUT2D eigenvalue weighted by molar-refractivity contribution is 7.89. The minimum atomic E-state index is -3.71. The van der Waals surface area contributed by atoms with E-state index >= 15 is 0 Å². The number of amidine groups is 1. The summed E-state index contributed by atoms with van der Waals surface area (Å²) in [6, 6.07) is 4.44. The molecule has 88 valence electrons. The summed E-state index contributed by atoms with van der Waals surface area (Å²) in [5, 5.41) is 8.59. The molecule has 0 saturated heterocycles. The Labute approximate surface area is 93.3 Å². The number of sulfonamides is 1. The molecular weight excluding hydrogens is 230 g/mol. The fourth-order valence-electron chi connectivity index (χ4n) is 1.26. The molecule has 0 aliphatic rings. The van der Waals surface area contributed by atoms with Crippen molar-refractivity contribution in [2.45, 2.75) is 11.8 Å². The SMILES string of the molecule is Cc1cc(/C(N)=N/NN)ccc1S(N)(=O)=O. The Morgan fingerprint density at radius 3 is 2.50 bits per heavy atom. The second-order valence-corrected chi connectivity index (χ2v) is 4.68. The highest BCUT2D eigenvalue weighted by atomic mass is 32.2. The Bertz CT molecular complexity index is 523. The van der Waals surface area contributed by atoms with Gasteiger partial charge in [-0.15, -0.1) is 5.10 Å². The van der Waals surface area contributed by atoms with Gasteiger partial charge in [-0.2, -0.15) is 0 Å². The van der Waals surface area contributed by atoms with E-state index in [0.717, 1.165) is 0 Å². The lowest BCUT2D eigenvalue weighted by atomic mass is 10.1. The standard InChI is InChI=1S/C8H13N5O2S/c1-5-4-6(8(9)12-13-10)2-3-7(5)16(11,14)15/h2-4,13H,10H2,1H3,(H2,9,12)(H2,11,14,15). The van der Waals surface area contributed by atoms with E-state index in [9.17, 15) is 8.42 Å². The molecule has 0 atom stereocenters. The summed E-state index contributed by atoms with van der Waals surface area (Å²) < 4.78 is 22.3. The Morgan fingerprint density at radius 1 is 1.44 bits per heavy atom. The zero-order valence-electron chi connectivity index (χ0n) is 8.64. The van der Waals surface area contributed by atoms with Gasteiger partial charge >= 0.3 is 0 Å². The van der Waals surface area contributed by atoms with Crippen molar-refractivity contribution < 1.29 is 8.42 Å². The number of rotatable bonds is 3. The molecule has 0 spiro atoms. The molecule has 0 unspecified atom stereocenters. The molecule has 7 nitrogen and oxygen atoms in total. The van der Waals surface area contributed by atoms with Gasteiger partial charge in [0.15, 0.2) is 5.84 Å². The third-order valence-electron chi connectivity index (χ3n) is 1.96. The number of aryl methyl sites for hydroxylation is 1. The summed E-state index contributed by atoms with van der Waals surface area (Å²) in [5.74, 6) is 5.13. The maximum Gasteiger partial charge on any atom is 0.238 e. The van der Waals surface area contributed by atoms with Crippen molar-refractivity contribution >= 4 is 15.9 Å². The molecule has 0 aromatic heterocycles. The van der Waals surface area contributed by atoms with Gasteiger partial charge in [0.25, 0.3) is 0 Å². The molecule has 1 aromatic rings. The average molecular weight is 243 g/mol. The molecule has 16 heavy (non-hydrogen) atoms. The number of hydrogen-bond donors (Lipinski definition) is 4. The largest absolute Gasteiger partial charge is 0.382 e. The number of nitrogens with two attached hydrogens (primary N) is 3. The molecule has 8 heteroatoms. The first-order valence-electron chi connectivity index (χ1n) is 4.29. The number of benzene rings is 1. The smallest absolute Gasteiger partial charge is 0.238 e. The van der Waals surface area contributed by atoms with Crippen LogP contribution in [0.2, 0.25) is 0 Å². The van der Waals surface area contributed by atoms with Crippen molar-refractivity contribution in [3.05, 3.63) is 29.3 Å². The van der Waals surface area contributed by atoms with Gasteiger partial charge in [-0.3, -0.25) is 0 Å². The van der Waals surface area contributed by atoms with Gasteiger partial charge in [-0.1, -0.05) is 0 Å². The Hall–Kier alpha value is -1.64. The van der Waals surface area contributed by atoms with Crippen molar-refractivity contribution in [3.63, 3.8) is 0 Å². The molecule has 0 heterocycles. The van der Waals surface area contributed by atoms with Crippen LogP contribution in [0.5, 0.6) is 0 Å². The molecule has 0 bridgehead atoms. The zero-order chi connectivity index (χ0) is 12.3. The number of primary sulfonamides is 1. The van der Waals surface area contributed by atoms with Gasteiger partial charge in [0.05, 0.1) is 4.90 Å². The predicted molar refractivity (Wildman–Crippen MR) is 60.6 cm³/mol. The van der Waals surface area contributed by atoms with E-state index in [4.69, 9.17) is 16.7 Å². The molecule has 1 rings (SSSR count). The van der Waals surface area contributed by atoms with Crippen molar-refractivity contribution in [1.82, 2.24) is 5.53 Å². The summed E-state index contributed by atoms with van der Waals surface area (Å²) in [4.78, 5) is 0.0600. The number of nitrogens with one attached hydrogen (secondary N) is 1. The van der Waals surface area contributed by atoms with Crippen LogP contribution in [-0.2, 0) is 10.0 Å². The third-order valence-corrected chi connectivity index (χ3v) is 3.03. The van der Waals surface area contributed by atoms with Crippen LogP contribution < -0.4 is 22.3 Å². The van der Waals surface area contributed by atoms with E-state index < -0.39 is 10.0 Å². The average Bonchev–Trinajstić information content (AvgIpc) is 2.16. The van der Waals surface area contributed by atoms with E-state index in [1.165, 1.54) is 12.1 Å². The van der Waals surface area contributed by atoms with E-state index in [2.05, 4.69) is 10.6 Å². The summed E-state index contributed by atoms with van der Waals surface area (Å²) >= 11 is 0. The van der Waals surface area contributed by atoms with Crippen LogP contribution in [0.4, 0.5) is 0 Å². The van der Waals surface area contributed by atoms with Gasteiger partial charge in [0.1, 0.15) is 0 Å². The van der Waals surface area contributed by atoms with E-state index in [1.807, 2.05) is 0 Å². The first-order valence-corrected chi connectivity index (χ1v) is 5.83. The lowest BCUT2D eigenvalue weighted by Crippen LogP contribution is -2.23. The van der Waals surface area contributed by atoms with Gasteiger partial charge in [-0.05, 0) is 30.7 Å². The fourth-order valence-corrected chi connectivity index (χ4v) is 2.03. The number of hydrogen-bond acceptors (Lipinski definition) is 5. The molecule has 1 aromatic carbocycles. The van der Waals surface area contributed by atoms with Crippen LogP contribution in [0.1, 0.15) is 11.1 Å². The van der Waals surface area contributed by atoms with E-state index in [1.54, 1.807) is 13.0 Å². The molecule has 0 radical (unpaired) electrons. The van der Waals surface area contributed by atoms with Crippen LogP contribution in [0.15, 0.2) is 28.2 Å². The van der Waals surface area contributed by atoms with Gasteiger partial charge in [0, 0.05) is 5.56 Å². The second kappa shape index (κ2) is 4.47. The fraction of sp³-hybridized carbons (Fsp3) is 0.125. The molecule has 7 N–H and O–H groups in total. The maximum absolute atomic E-state index is 11.1. The van der Waals surface area contributed by atoms with E-state index in [-0.39, 0.29) is 10.7 Å². The second-order valence-electron chi connectivity index (χ2n) is 3.15. The molecule has 0 aliphatic heterocycles. The summed E-state index contributed by atoms with van der Waals surface area (Å²) in [5.41, 5.74) is 8.66. The normalized spacial score (nSPS) is 12.6. The van der Waals surface area contributed by atoms with Crippen LogP contribution in [0.3, 0.4) is 0 Å². The van der Waals surface area contributed by atoms with Crippen molar-refractivity contribution in [2.24, 2.45) is 21.8 Å². The minimum Gasteiger partial charge on any atom is -0.382 e. The van der Waals surface area contributed by atoms with Gasteiger partial charge in [0.2, 0.25) is 10.0 Å². The third kappa shape index (κ3) is 2.69. The molecule has 0 fully saturated rings. The maximum atomic E-state index is 11.1. The molecule has 0 amide bonds. The Balaban J connectivity index is 3.25. The Morgan fingerprint density at radius 2 is 2.06 bits per heavy atom. The highest BCUT2D eigenvalue weighted by Gasteiger charge is 2.12. The van der Waals surface area contributed by atoms with Crippen LogP contribution in [0.25, 0.3) is 0 Å². The number of hydrazine groups is 1. The van der Waals surface area contributed by atoms with Crippen molar-refractivity contribution in [1.29, 1.82) is 0 Å². The monoisotopic (exact) mass is 243 g/mol. The van der Waals surface area contributed by atoms with Crippen LogP contribution in [-0.4, -0.2) is 14.3 Å². The van der Waals surface area contributed by atoms with Gasteiger partial charge in [-0.25, -0.2) is 24.9 Å². The minimum absolute atomic E-state index is 0.0600.